The van der Waals surface area contributed by atoms with Crippen LogP contribution in [0.3, 0.4) is 0 Å². The first-order chi connectivity index (χ1) is 10.5. The van der Waals surface area contributed by atoms with E-state index in [2.05, 4.69) is 10.4 Å². The maximum Gasteiger partial charge on any atom is 0.257 e. The van der Waals surface area contributed by atoms with Crippen molar-refractivity contribution >= 4 is 40.5 Å². The SMILES string of the molecule is CC(C)n1cc(NC(=O)c2cc3ccccc3cc2N)cn1.Cl. The number of hydrogen-bond acceptors (Lipinski definition) is 3. The van der Waals surface area contributed by atoms with E-state index in [1.165, 1.54) is 0 Å². The molecule has 3 rings (SSSR count). The summed E-state index contributed by atoms with van der Waals surface area (Å²) >= 11 is 0. The van der Waals surface area contributed by atoms with Gasteiger partial charge in [0.1, 0.15) is 0 Å². The Morgan fingerprint density at radius 2 is 1.87 bits per heavy atom. The number of nitrogens with one attached hydrogen (secondary N) is 1. The number of nitrogen functional groups attached to an aromatic ring is 1. The number of rotatable bonds is 3. The number of hydrogen-bond donors (Lipinski definition) is 2. The average molecular weight is 331 g/mol. The fourth-order valence-corrected chi connectivity index (χ4v) is 2.34. The van der Waals surface area contributed by atoms with Crippen LogP contribution in [0.2, 0.25) is 0 Å². The molecule has 0 unspecified atom stereocenters. The van der Waals surface area contributed by atoms with Crippen LogP contribution in [0.4, 0.5) is 11.4 Å². The molecule has 23 heavy (non-hydrogen) atoms. The van der Waals surface area contributed by atoms with Crippen LogP contribution in [-0.2, 0) is 0 Å². The Morgan fingerprint density at radius 3 is 2.48 bits per heavy atom. The van der Waals surface area contributed by atoms with Crippen molar-refractivity contribution in [2.24, 2.45) is 0 Å². The summed E-state index contributed by atoms with van der Waals surface area (Å²) in [4.78, 5) is 12.4. The maximum atomic E-state index is 12.4. The molecule has 3 aromatic rings. The molecule has 5 nitrogen and oxygen atoms in total. The lowest BCUT2D eigenvalue weighted by atomic mass is 10.0. The normalized spacial score (nSPS) is 10.6. The van der Waals surface area contributed by atoms with E-state index >= 15 is 0 Å². The molecule has 0 aliphatic rings. The minimum Gasteiger partial charge on any atom is -0.398 e. The molecule has 0 fully saturated rings. The fourth-order valence-electron chi connectivity index (χ4n) is 2.34. The second-order valence-electron chi connectivity index (χ2n) is 5.54. The summed E-state index contributed by atoms with van der Waals surface area (Å²) in [6, 6.07) is 11.7. The zero-order chi connectivity index (χ0) is 15.7. The van der Waals surface area contributed by atoms with Gasteiger partial charge in [0.15, 0.2) is 0 Å². The number of carbonyl (C=O) groups excluding carboxylic acids is 1. The van der Waals surface area contributed by atoms with Crippen molar-refractivity contribution in [1.82, 2.24) is 9.78 Å². The summed E-state index contributed by atoms with van der Waals surface area (Å²) in [6.45, 7) is 4.06. The Balaban J connectivity index is 0.00000192. The zero-order valence-corrected chi connectivity index (χ0v) is 13.8. The topological polar surface area (TPSA) is 72.9 Å². The first kappa shape index (κ1) is 16.8. The largest absolute Gasteiger partial charge is 0.398 e. The van der Waals surface area contributed by atoms with Crippen LogP contribution >= 0.6 is 12.4 Å². The van der Waals surface area contributed by atoms with Gasteiger partial charge in [0.25, 0.3) is 5.91 Å². The van der Waals surface area contributed by atoms with Gasteiger partial charge in [0.2, 0.25) is 0 Å². The minimum atomic E-state index is -0.230. The quantitative estimate of drug-likeness (QED) is 0.716. The Hall–Kier alpha value is -2.53. The van der Waals surface area contributed by atoms with Gasteiger partial charge in [-0.15, -0.1) is 12.4 Å². The van der Waals surface area contributed by atoms with Crippen LogP contribution in [-0.4, -0.2) is 15.7 Å². The summed E-state index contributed by atoms with van der Waals surface area (Å²) in [5.41, 5.74) is 7.61. The number of anilines is 2. The molecule has 3 N–H and O–H groups in total. The van der Waals surface area contributed by atoms with Crippen LogP contribution in [0, 0.1) is 0 Å². The number of carbonyl (C=O) groups is 1. The van der Waals surface area contributed by atoms with Gasteiger partial charge in [0, 0.05) is 17.9 Å². The van der Waals surface area contributed by atoms with E-state index < -0.39 is 0 Å². The Bertz CT molecular complexity index is 841. The van der Waals surface area contributed by atoms with Gasteiger partial charge < -0.3 is 11.1 Å². The molecule has 6 heteroatoms. The van der Waals surface area contributed by atoms with Gasteiger partial charge in [-0.3, -0.25) is 9.48 Å². The first-order valence-corrected chi connectivity index (χ1v) is 7.18. The van der Waals surface area contributed by atoms with Crippen LogP contribution in [0.5, 0.6) is 0 Å². The lowest BCUT2D eigenvalue weighted by Gasteiger charge is -2.08. The molecule has 0 spiro atoms. The van der Waals surface area contributed by atoms with E-state index in [-0.39, 0.29) is 24.4 Å². The lowest BCUT2D eigenvalue weighted by Crippen LogP contribution is -2.13. The van der Waals surface area contributed by atoms with Gasteiger partial charge in [-0.25, -0.2) is 0 Å². The third kappa shape index (κ3) is 3.46. The van der Waals surface area contributed by atoms with E-state index in [4.69, 9.17) is 5.73 Å². The molecule has 0 atom stereocenters. The molecule has 0 aliphatic carbocycles. The molecule has 1 aromatic heterocycles. The highest BCUT2D eigenvalue weighted by Crippen LogP contribution is 2.23. The van der Waals surface area contributed by atoms with Crippen molar-refractivity contribution in [3.05, 3.63) is 54.4 Å². The fraction of sp³-hybridized carbons (Fsp3) is 0.176. The monoisotopic (exact) mass is 330 g/mol. The lowest BCUT2D eigenvalue weighted by molar-refractivity contribution is 0.102. The number of benzene rings is 2. The molecule has 120 valence electrons. The van der Waals surface area contributed by atoms with Crippen LogP contribution in [0.25, 0.3) is 10.8 Å². The summed E-state index contributed by atoms with van der Waals surface area (Å²) in [5.74, 6) is -0.230. The molecule has 2 aromatic carbocycles. The standard InChI is InChI=1S/C17H18N4O.ClH/c1-11(2)21-10-14(9-19-21)20-17(22)15-7-12-5-3-4-6-13(12)8-16(15)18;/h3-11H,18H2,1-2H3,(H,20,22);1H. The molecule has 1 heterocycles. The Morgan fingerprint density at radius 1 is 1.22 bits per heavy atom. The second-order valence-corrected chi connectivity index (χ2v) is 5.54. The van der Waals surface area contributed by atoms with Gasteiger partial charge in [-0.2, -0.15) is 5.10 Å². The number of nitrogens with zero attached hydrogens (tertiary/aromatic N) is 2. The van der Waals surface area contributed by atoms with Crippen LogP contribution in [0.1, 0.15) is 30.2 Å². The van der Waals surface area contributed by atoms with Crippen LogP contribution in [0.15, 0.2) is 48.8 Å². The summed E-state index contributed by atoms with van der Waals surface area (Å²) < 4.78 is 1.79. The Kier molecular flexibility index (Phi) is 4.91. The summed E-state index contributed by atoms with van der Waals surface area (Å²) in [6.07, 6.45) is 3.44. The van der Waals surface area contributed by atoms with E-state index in [1.54, 1.807) is 17.1 Å². The zero-order valence-electron chi connectivity index (χ0n) is 13.0. The molecule has 0 aliphatic heterocycles. The van der Waals surface area contributed by atoms with Crippen molar-refractivity contribution in [2.45, 2.75) is 19.9 Å². The number of aromatic nitrogens is 2. The predicted molar refractivity (Wildman–Crippen MR) is 96.2 cm³/mol. The first-order valence-electron chi connectivity index (χ1n) is 7.18. The number of halogens is 1. The minimum absolute atomic E-state index is 0. The van der Waals surface area contributed by atoms with E-state index in [9.17, 15) is 4.79 Å². The molecule has 0 bridgehead atoms. The number of nitrogens with two attached hydrogens (primary N) is 1. The maximum absolute atomic E-state index is 12.4. The van der Waals surface area contributed by atoms with E-state index in [1.807, 2.05) is 50.2 Å². The number of fused-ring (bicyclic) bond motifs is 1. The smallest absolute Gasteiger partial charge is 0.257 e. The molecule has 0 saturated heterocycles. The second kappa shape index (κ2) is 6.71. The third-order valence-electron chi connectivity index (χ3n) is 3.55. The van der Waals surface area contributed by atoms with Crippen molar-refractivity contribution in [3.63, 3.8) is 0 Å². The molecule has 0 radical (unpaired) electrons. The number of amides is 1. The molecule has 1 amide bonds. The summed E-state index contributed by atoms with van der Waals surface area (Å²) in [5, 5.41) is 9.05. The average Bonchev–Trinajstić information content (AvgIpc) is 2.95. The highest BCUT2D eigenvalue weighted by molar-refractivity contribution is 6.10. The van der Waals surface area contributed by atoms with Crippen molar-refractivity contribution in [3.8, 4) is 0 Å². The van der Waals surface area contributed by atoms with Crippen molar-refractivity contribution in [1.29, 1.82) is 0 Å². The van der Waals surface area contributed by atoms with Gasteiger partial charge in [-0.05, 0) is 36.8 Å². The van der Waals surface area contributed by atoms with Gasteiger partial charge in [-0.1, -0.05) is 24.3 Å². The summed E-state index contributed by atoms with van der Waals surface area (Å²) in [7, 11) is 0. The van der Waals surface area contributed by atoms with Gasteiger partial charge in [0.05, 0.1) is 17.4 Å². The molecular weight excluding hydrogens is 312 g/mol. The van der Waals surface area contributed by atoms with Crippen LogP contribution < -0.4 is 11.1 Å². The highest BCUT2D eigenvalue weighted by Gasteiger charge is 2.12. The van der Waals surface area contributed by atoms with Crippen molar-refractivity contribution < 1.29 is 4.79 Å². The van der Waals surface area contributed by atoms with E-state index in [0.29, 0.717) is 16.9 Å². The van der Waals surface area contributed by atoms with Gasteiger partial charge >= 0.3 is 0 Å². The Labute approximate surface area is 140 Å². The highest BCUT2D eigenvalue weighted by atomic mass is 35.5. The molecular formula is C17H19ClN4O. The van der Waals surface area contributed by atoms with E-state index in [0.717, 1.165) is 10.8 Å². The van der Waals surface area contributed by atoms with Crippen molar-refractivity contribution in [2.75, 3.05) is 11.1 Å². The third-order valence-corrected chi connectivity index (χ3v) is 3.55. The molecule has 0 saturated carbocycles. The predicted octanol–water partition coefficient (Wildman–Crippen LogP) is 3.87.